The number of aromatic nitrogens is 1. The van der Waals surface area contributed by atoms with Crippen LogP contribution in [0.3, 0.4) is 0 Å². The first-order valence-corrected chi connectivity index (χ1v) is 6.69. The molecule has 0 spiro atoms. The van der Waals surface area contributed by atoms with Crippen LogP contribution >= 0.6 is 0 Å². The number of hydrogen-bond acceptors (Lipinski definition) is 3. The third kappa shape index (κ3) is 4.42. The van der Waals surface area contributed by atoms with Crippen LogP contribution in [0.1, 0.15) is 24.1 Å². The molecule has 5 heteroatoms. The number of benzene rings is 1. The summed E-state index contributed by atoms with van der Waals surface area (Å²) < 4.78 is 0. The fourth-order valence-electron chi connectivity index (χ4n) is 1.85. The smallest absolute Gasteiger partial charge is 0.309 e. The lowest BCUT2D eigenvalue weighted by atomic mass is 10.1. The van der Waals surface area contributed by atoms with Crippen molar-refractivity contribution in [3.05, 3.63) is 66.0 Å². The summed E-state index contributed by atoms with van der Waals surface area (Å²) in [5.74, 6) is -1.28. The van der Waals surface area contributed by atoms with Gasteiger partial charge >= 0.3 is 11.8 Å². The van der Waals surface area contributed by atoms with E-state index in [4.69, 9.17) is 0 Å². The van der Waals surface area contributed by atoms with E-state index >= 15 is 0 Å². The highest BCUT2D eigenvalue weighted by molar-refractivity contribution is 6.35. The molecule has 21 heavy (non-hydrogen) atoms. The number of rotatable bonds is 4. The van der Waals surface area contributed by atoms with E-state index in [0.29, 0.717) is 6.54 Å². The molecule has 0 saturated heterocycles. The van der Waals surface area contributed by atoms with Crippen LogP contribution in [0.25, 0.3) is 0 Å². The van der Waals surface area contributed by atoms with Gasteiger partial charge in [-0.1, -0.05) is 30.3 Å². The standard InChI is InChI=1S/C16H17N3O2/c1-12(14-5-3-2-4-6-14)19-16(21)15(20)18-11-13-7-9-17-10-8-13/h2-10,12H,11H2,1H3,(H,18,20)(H,19,21). The molecule has 2 aromatic rings. The largest absolute Gasteiger partial charge is 0.344 e. The number of amides is 2. The Bertz CT molecular complexity index is 599. The second kappa shape index (κ2) is 7.19. The maximum atomic E-state index is 11.8. The van der Waals surface area contributed by atoms with E-state index in [1.807, 2.05) is 37.3 Å². The van der Waals surface area contributed by atoms with Gasteiger partial charge in [-0.3, -0.25) is 14.6 Å². The maximum Gasteiger partial charge on any atom is 0.309 e. The quantitative estimate of drug-likeness (QED) is 0.837. The van der Waals surface area contributed by atoms with Crippen LogP contribution in [0.15, 0.2) is 54.9 Å². The van der Waals surface area contributed by atoms with Crippen molar-refractivity contribution in [2.24, 2.45) is 0 Å². The van der Waals surface area contributed by atoms with Crippen LogP contribution < -0.4 is 10.6 Å². The zero-order chi connectivity index (χ0) is 15.1. The van der Waals surface area contributed by atoms with Gasteiger partial charge < -0.3 is 10.6 Å². The first-order valence-electron chi connectivity index (χ1n) is 6.69. The topological polar surface area (TPSA) is 71.1 Å². The maximum absolute atomic E-state index is 11.8. The van der Waals surface area contributed by atoms with E-state index in [9.17, 15) is 9.59 Å². The third-order valence-corrected chi connectivity index (χ3v) is 3.06. The van der Waals surface area contributed by atoms with Gasteiger partial charge in [0.1, 0.15) is 0 Å². The molecule has 0 aliphatic heterocycles. The summed E-state index contributed by atoms with van der Waals surface area (Å²) in [6, 6.07) is 12.8. The van der Waals surface area contributed by atoms with Gasteiger partial charge in [-0.05, 0) is 30.2 Å². The molecule has 2 amide bonds. The average Bonchev–Trinajstić information content (AvgIpc) is 2.54. The lowest BCUT2D eigenvalue weighted by molar-refractivity contribution is -0.139. The second-order valence-electron chi connectivity index (χ2n) is 4.64. The lowest BCUT2D eigenvalue weighted by Crippen LogP contribution is -2.40. The second-order valence-corrected chi connectivity index (χ2v) is 4.64. The highest BCUT2D eigenvalue weighted by atomic mass is 16.2. The number of nitrogens with one attached hydrogen (secondary N) is 2. The first-order chi connectivity index (χ1) is 10.2. The normalized spacial score (nSPS) is 11.5. The molecule has 0 fully saturated rings. The summed E-state index contributed by atoms with van der Waals surface area (Å²) in [5, 5.41) is 5.25. The Labute approximate surface area is 123 Å². The summed E-state index contributed by atoms with van der Waals surface area (Å²) in [6.45, 7) is 2.14. The number of hydrogen-bond donors (Lipinski definition) is 2. The molecule has 5 nitrogen and oxygen atoms in total. The first kappa shape index (κ1) is 14.7. The van der Waals surface area contributed by atoms with Gasteiger partial charge in [0.25, 0.3) is 0 Å². The summed E-state index contributed by atoms with van der Waals surface area (Å²) in [6.07, 6.45) is 3.28. The molecule has 0 bridgehead atoms. The van der Waals surface area contributed by atoms with E-state index in [1.54, 1.807) is 24.5 Å². The Morgan fingerprint density at radius 2 is 1.71 bits per heavy atom. The molecule has 1 atom stereocenters. The molecule has 1 heterocycles. The number of carbonyl (C=O) groups is 2. The van der Waals surface area contributed by atoms with Crippen molar-refractivity contribution in [2.75, 3.05) is 0 Å². The van der Waals surface area contributed by atoms with Crippen molar-refractivity contribution in [2.45, 2.75) is 19.5 Å². The van der Waals surface area contributed by atoms with Gasteiger partial charge in [0.2, 0.25) is 0 Å². The minimum absolute atomic E-state index is 0.217. The molecule has 1 aromatic carbocycles. The van der Waals surface area contributed by atoms with Gasteiger partial charge in [-0.2, -0.15) is 0 Å². The SMILES string of the molecule is CC(NC(=O)C(=O)NCc1ccncc1)c1ccccc1. The van der Waals surface area contributed by atoms with Crippen LogP contribution in [0.2, 0.25) is 0 Å². The fraction of sp³-hybridized carbons (Fsp3) is 0.188. The van der Waals surface area contributed by atoms with Crippen LogP contribution in [0, 0.1) is 0 Å². The number of carbonyl (C=O) groups excluding carboxylic acids is 2. The van der Waals surface area contributed by atoms with Crippen molar-refractivity contribution in [1.82, 2.24) is 15.6 Å². The van der Waals surface area contributed by atoms with Crippen molar-refractivity contribution in [1.29, 1.82) is 0 Å². The van der Waals surface area contributed by atoms with Gasteiger partial charge in [-0.15, -0.1) is 0 Å². The minimum Gasteiger partial charge on any atom is -0.344 e. The summed E-state index contributed by atoms with van der Waals surface area (Å²) in [4.78, 5) is 27.4. The van der Waals surface area contributed by atoms with Crippen molar-refractivity contribution >= 4 is 11.8 Å². The molecule has 2 rings (SSSR count). The molecule has 0 aliphatic carbocycles. The molecule has 0 saturated carbocycles. The van der Waals surface area contributed by atoms with Gasteiger partial charge in [0.05, 0.1) is 6.04 Å². The van der Waals surface area contributed by atoms with Crippen LogP contribution in [0.5, 0.6) is 0 Å². The van der Waals surface area contributed by atoms with Gasteiger partial charge in [-0.25, -0.2) is 0 Å². The van der Waals surface area contributed by atoms with Crippen LogP contribution in [-0.2, 0) is 16.1 Å². The Balaban J connectivity index is 1.84. The predicted molar refractivity (Wildman–Crippen MR) is 79.1 cm³/mol. The number of pyridine rings is 1. The Morgan fingerprint density at radius 1 is 1.05 bits per heavy atom. The van der Waals surface area contributed by atoms with Crippen LogP contribution in [-0.4, -0.2) is 16.8 Å². The Hall–Kier alpha value is -2.69. The summed E-state index contributed by atoms with van der Waals surface area (Å²) >= 11 is 0. The molecule has 2 N–H and O–H groups in total. The van der Waals surface area contributed by atoms with Gasteiger partial charge in [0.15, 0.2) is 0 Å². The van der Waals surface area contributed by atoms with E-state index in [1.165, 1.54) is 0 Å². The Kier molecular flexibility index (Phi) is 5.04. The highest BCUT2D eigenvalue weighted by Crippen LogP contribution is 2.10. The molecular formula is C16H17N3O2. The number of nitrogens with zero attached hydrogens (tertiary/aromatic N) is 1. The molecular weight excluding hydrogens is 266 g/mol. The lowest BCUT2D eigenvalue weighted by Gasteiger charge is -2.14. The highest BCUT2D eigenvalue weighted by Gasteiger charge is 2.16. The zero-order valence-corrected chi connectivity index (χ0v) is 11.7. The zero-order valence-electron chi connectivity index (χ0n) is 11.7. The van der Waals surface area contributed by atoms with Crippen molar-refractivity contribution < 1.29 is 9.59 Å². The van der Waals surface area contributed by atoms with Crippen LogP contribution in [0.4, 0.5) is 0 Å². The van der Waals surface area contributed by atoms with Gasteiger partial charge in [0, 0.05) is 18.9 Å². The molecule has 1 unspecified atom stereocenters. The summed E-state index contributed by atoms with van der Waals surface area (Å²) in [7, 11) is 0. The molecule has 0 aliphatic rings. The molecule has 108 valence electrons. The van der Waals surface area contributed by atoms with E-state index in [0.717, 1.165) is 11.1 Å². The average molecular weight is 283 g/mol. The van der Waals surface area contributed by atoms with Crippen molar-refractivity contribution in [3.8, 4) is 0 Å². The summed E-state index contributed by atoms with van der Waals surface area (Å²) in [5.41, 5.74) is 1.84. The minimum atomic E-state index is -0.644. The monoisotopic (exact) mass is 283 g/mol. The van der Waals surface area contributed by atoms with E-state index in [-0.39, 0.29) is 6.04 Å². The third-order valence-electron chi connectivity index (χ3n) is 3.06. The Morgan fingerprint density at radius 3 is 2.38 bits per heavy atom. The molecule has 1 aromatic heterocycles. The molecule has 0 radical (unpaired) electrons. The van der Waals surface area contributed by atoms with E-state index < -0.39 is 11.8 Å². The van der Waals surface area contributed by atoms with Crippen molar-refractivity contribution in [3.63, 3.8) is 0 Å². The predicted octanol–water partition coefficient (Wildman–Crippen LogP) is 1.58. The van der Waals surface area contributed by atoms with E-state index in [2.05, 4.69) is 15.6 Å². The fourth-order valence-corrected chi connectivity index (χ4v) is 1.85.